The van der Waals surface area contributed by atoms with Crippen LogP contribution in [-0.4, -0.2) is 17.2 Å². The van der Waals surface area contributed by atoms with E-state index in [-0.39, 0.29) is 11.1 Å². The SMILES string of the molecule is Cc1cc(F)c(C2C(=O)NC(=O)C2Cl)cc1F. The van der Waals surface area contributed by atoms with Gasteiger partial charge in [0.15, 0.2) is 0 Å². The fourth-order valence-corrected chi connectivity index (χ4v) is 2.06. The second-order valence-corrected chi connectivity index (χ2v) is 4.33. The van der Waals surface area contributed by atoms with Gasteiger partial charge in [0.2, 0.25) is 11.8 Å². The van der Waals surface area contributed by atoms with Gasteiger partial charge in [-0.3, -0.25) is 14.9 Å². The number of benzene rings is 1. The molecular weight excluding hydrogens is 252 g/mol. The third kappa shape index (κ3) is 1.91. The maximum Gasteiger partial charge on any atom is 0.245 e. The zero-order chi connectivity index (χ0) is 12.7. The minimum atomic E-state index is -1.21. The Labute approximate surface area is 101 Å². The largest absolute Gasteiger partial charge is 0.295 e. The Kier molecular flexibility index (Phi) is 2.87. The highest BCUT2D eigenvalue weighted by Gasteiger charge is 2.42. The van der Waals surface area contributed by atoms with Gasteiger partial charge in [0.1, 0.15) is 17.0 Å². The van der Waals surface area contributed by atoms with Crippen molar-refractivity contribution in [2.45, 2.75) is 18.2 Å². The van der Waals surface area contributed by atoms with Crippen LogP contribution < -0.4 is 5.32 Å². The van der Waals surface area contributed by atoms with E-state index in [2.05, 4.69) is 0 Å². The van der Waals surface area contributed by atoms with E-state index in [1.54, 1.807) is 0 Å². The molecule has 17 heavy (non-hydrogen) atoms. The highest BCUT2D eigenvalue weighted by atomic mass is 35.5. The maximum atomic E-state index is 13.6. The van der Waals surface area contributed by atoms with Crippen LogP contribution in [0.5, 0.6) is 0 Å². The van der Waals surface area contributed by atoms with Crippen LogP contribution in [0.3, 0.4) is 0 Å². The number of carbonyl (C=O) groups excluding carboxylic acids is 2. The van der Waals surface area contributed by atoms with Gasteiger partial charge in [-0.25, -0.2) is 8.78 Å². The summed E-state index contributed by atoms with van der Waals surface area (Å²) >= 11 is 5.70. The van der Waals surface area contributed by atoms with Crippen molar-refractivity contribution in [3.05, 3.63) is 34.9 Å². The second-order valence-electron chi connectivity index (χ2n) is 3.86. The van der Waals surface area contributed by atoms with Gasteiger partial charge >= 0.3 is 0 Å². The molecule has 2 atom stereocenters. The van der Waals surface area contributed by atoms with Crippen LogP contribution >= 0.6 is 11.6 Å². The summed E-state index contributed by atoms with van der Waals surface area (Å²) in [5.41, 5.74) is -0.0708. The van der Waals surface area contributed by atoms with Crippen molar-refractivity contribution in [1.82, 2.24) is 5.32 Å². The monoisotopic (exact) mass is 259 g/mol. The van der Waals surface area contributed by atoms with E-state index in [1.165, 1.54) is 6.92 Å². The molecule has 2 amide bonds. The molecule has 3 nitrogen and oxygen atoms in total. The lowest BCUT2D eigenvalue weighted by Gasteiger charge is -2.12. The van der Waals surface area contributed by atoms with Crippen LogP contribution in [-0.2, 0) is 9.59 Å². The molecule has 1 aromatic carbocycles. The van der Waals surface area contributed by atoms with Gasteiger partial charge in [-0.05, 0) is 24.6 Å². The van der Waals surface area contributed by atoms with Crippen molar-refractivity contribution in [1.29, 1.82) is 0 Å². The molecule has 0 radical (unpaired) electrons. The number of alkyl halides is 1. The molecule has 0 spiro atoms. The number of carbonyl (C=O) groups is 2. The Morgan fingerprint density at radius 1 is 1.18 bits per heavy atom. The smallest absolute Gasteiger partial charge is 0.245 e. The van der Waals surface area contributed by atoms with Gasteiger partial charge in [0.25, 0.3) is 0 Å². The molecule has 0 aliphatic carbocycles. The van der Waals surface area contributed by atoms with Crippen LogP contribution in [0.25, 0.3) is 0 Å². The van der Waals surface area contributed by atoms with E-state index in [1.807, 2.05) is 5.32 Å². The van der Waals surface area contributed by atoms with E-state index in [9.17, 15) is 18.4 Å². The predicted molar refractivity (Wildman–Crippen MR) is 56.6 cm³/mol. The molecule has 1 saturated heterocycles. The molecule has 1 aliphatic heterocycles. The number of nitrogens with one attached hydrogen (secondary N) is 1. The number of hydrogen-bond acceptors (Lipinski definition) is 2. The molecule has 0 bridgehead atoms. The van der Waals surface area contributed by atoms with E-state index in [0.29, 0.717) is 0 Å². The van der Waals surface area contributed by atoms with E-state index >= 15 is 0 Å². The van der Waals surface area contributed by atoms with Crippen LogP contribution in [0, 0.1) is 18.6 Å². The summed E-state index contributed by atoms with van der Waals surface area (Å²) in [6.45, 7) is 1.40. The van der Waals surface area contributed by atoms with E-state index in [0.717, 1.165) is 12.1 Å². The summed E-state index contributed by atoms with van der Waals surface area (Å²) in [7, 11) is 0. The van der Waals surface area contributed by atoms with Gasteiger partial charge in [0.05, 0.1) is 5.92 Å². The summed E-state index contributed by atoms with van der Waals surface area (Å²) in [5, 5.41) is 0.768. The maximum absolute atomic E-state index is 13.6. The second kappa shape index (κ2) is 4.07. The fourth-order valence-electron chi connectivity index (χ4n) is 1.75. The molecule has 1 fully saturated rings. The van der Waals surface area contributed by atoms with Crippen molar-refractivity contribution >= 4 is 23.4 Å². The Hall–Kier alpha value is -1.49. The molecule has 1 aliphatic rings. The van der Waals surface area contributed by atoms with Gasteiger partial charge in [-0.1, -0.05) is 0 Å². The third-order valence-electron chi connectivity index (χ3n) is 2.69. The zero-order valence-electron chi connectivity index (χ0n) is 8.76. The Bertz CT molecular complexity index is 518. The highest BCUT2D eigenvalue weighted by Crippen LogP contribution is 2.31. The number of halogens is 3. The zero-order valence-corrected chi connectivity index (χ0v) is 9.52. The molecule has 0 saturated carbocycles. The molecule has 0 aromatic heterocycles. The van der Waals surface area contributed by atoms with Gasteiger partial charge in [-0.15, -0.1) is 11.6 Å². The molecule has 1 aromatic rings. The summed E-state index contributed by atoms with van der Waals surface area (Å²) in [6, 6.07) is 1.88. The number of aryl methyl sites for hydroxylation is 1. The van der Waals surface area contributed by atoms with Gasteiger partial charge in [-0.2, -0.15) is 0 Å². The fraction of sp³-hybridized carbons (Fsp3) is 0.273. The van der Waals surface area contributed by atoms with Crippen LogP contribution in [0.2, 0.25) is 0 Å². The first-order valence-corrected chi connectivity index (χ1v) is 5.29. The first kappa shape index (κ1) is 12.0. The standard InChI is InChI=1S/C11H8ClF2NO2/c1-4-2-7(14)5(3-6(4)13)8-9(12)11(17)15-10(8)16/h2-3,8-9H,1H3,(H,15,16,17). The molecule has 1 N–H and O–H groups in total. The average Bonchev–Trinajstić information content (AvgIpc) is 2.48. The summed E-state index contributed by atoms with van der Waals surface area (Å²) in [4.78, 5) is 22.6. The topological polar surface area (TPSA) is 46.2 Å². The van der Waals surface area contributed by atoms with Gasteiger partial charge in [0, 0.05) is 5.56 Å². The first-order chi connectivity index (χ1) is 7.91. The molecule has 6 heteroatoms. The van der Waals surface area contributed by atoms with E-state index in [4.69, 9.17) is 11.6 Å². The molecule has 1 heterocycles. The van der Waals surface area contributed by atoms with Crippen LogP contribution in [0.1, 0.15) is 17.0 Å². The van der Waals surface area contributed by atoms with E-state index < -0.39 is 34.7 Å². The lowest BCUT2D eigenvalue weighted by Crippen LogP contribution is -2.22. The third-order valence-corrected chi connectivity index (χ3v) is 3.14. The molecular formula is C11H8ClF2NO2. The Balaban J connectivity index is 2.51. The number of rotatable bonds is 1. The van der Waals surface area contributed by atoms with Crippen LogP contribution in [0.15, 0.2) is 12.1 Å². The average molecular weight is 260 g/mol. The normalized spacial score (nSPS) is 24.0. The molecule has 2 rings (SSSR count). The van der Waals surface area contributed by atoms with Crippen molar-refractivity contribution in [2.75, 3.05) is 0 Å². The Morgan fingerprint density at radius 2 is 1.82 bits per heavy atom. The highest BCUT2D eigenvalue weighted by molar-refractivity contribution is 6.37. The lowest BCUT2D eigenvalue weighted by atomic mass is 9.95. The van der Waals surface area contributed by atoms with Crippen molar-refractivity contribution in [3.63, 3.8) is 0 Å². The minimum Gasteiger partial charge on any atom is -0.295 e. The summed E-state index contributed by atoms with van der Waals surface area (Å²) in [6.07, 6.45) is 0. The number of amides is 2. The van der Waals surface area contributed by atoms with Crippen molar-refractivity contribution in [2.24, 2.45) is 0 Å². The Morgan fingerprint density at radius 3 is 2.35 bits per heavy atom. The van der Waals surface area contributed by atoms with Crippen molar-refractivity contribution in [3.8, 4) is 0 Å². The number of imide groups is 1. The number of hydrogen-bond donors (Lipinski definition) is 1. The van der Waals surface area contributed by atoms with Crippen LogP contribution in [0.4, 0.5) is 8.78 Å². The summed E-state index contributed by atoms with van der Waals surface area (Å²) < 4.78 is 27.0. The van der Waals surface area contributed by atoms with Crippen molar-refractivity contribution < 1.29 is 18.4 Å². The molecule has 90 valence electrons. The lowest BCUT2D eigenvalue weighted by molar-refractivity contribution is -0.125. The molecule has 2 unspecified atom stereocenters. The quantitative estimate of drug-likeness (QED) is 0.615. The first-order valence-electron chi connectivity index (χ1n) is 4.86. The minimum absolute atomic E-state index is 0.127. The van der Waals surface area contributed by atoms with Gasteiger partial charge < -0.3 is 0 Å². The summed E-state index contributed by atoms with van der Waals surface area (Å²) in [5.74, 6) is -3.97. The predicted octanol–water partition coefficient (Wildman–Crippen LogP) is 1.62.